The van der Waals surface area contributed by atoms with Crippen molar-refractivity contribution in [2.24, 2.45) is 4.99 Å². The fourth-order valence-electron chi connectivity index (χ4n) is 1.77. The Bertz CT molecular complexity index is 595. The van der Waals surface area contributed by atoms with E-state index in [-0.39, 0.29) is 12.3 Å². The standard InChI is InChI=1S/C13H14N4O3/c1-2-8-5-3-4-6-9(8)15-13(20)16-10-7-14-12(19)17-11(10)18/h3-6H,2,7H2,1H3,(H,15,20)(H2,14,17,18,19). The van der Waals surface area contributed by atoms with Crippen LogP contribution in [0.15, 0.2) is 29.3 Å². The van der Waals surface area contributed by atoms with Crippen LogP contribution in [0.3, 0.4) is 0 Å². The van der Waals surface area contributed by atoms with Gasteiger partial charge in [-0.2, -0.15) is 4.99 Å². The number of para-hydroxylation sites is 1. The summed E-state index contributed by atoms with van der Waals surface area (Å²) >= 11 is 0. The zero-order valence-electron chi connectivity index (χ0n) is 10.9. The number of aliphatic imine (C=N–C) groups is 1. The Kier molecular flexibility index (Phi) is 4.09. The topological polar surface area (TPSA) is 99.7 Å². The van der Waals surface area contributed by atoms with Gasteiger partial charge >= 0.3 is 12.1 Å². The first kappa shape index (κ1) is 13.7. The molecule has 1 fully saturated rings. The molecule has 0 aliphatic carbocycles. The van der Waals surface area contributed by atoms with Crippen LogP contribution >= 0.6 is 0 Å². The minimum absolute atomic E-state index is 0.0314. The number of anilines is 1. The van der Waals surface area contributed by atoms with Crippen molar-refractivity contribution >= 4 is 29.4 Å². The van der Waals surface area contributed by atoms with E-state index in [1.54, 1.807) is 12.1 Å². The molecule has 1 aromatic rings. The molecule has 0 atom stereocenters. The van der Waals surface area contributed by atoms with Crippen molar-refractivity contribution < 1.29 is 14.4 Å². The molecule has 0 bridgehead atoms. The number of benzene rings is 1. The molecule has 20 heavy (non-hydrogen) atoms. The summed E-state index contributed by atoms with van der Waals surface area (Å²) in [5.41, 5.74) is 1.60. The van der Waals surface area contributed by atoms with Gasteiger partial charge in [0.15, 0.2) is 0 Å². The summed E-state index contributed by atoms with van der Waals surface area (Å²) in [5, 5.41) is 7.02. The number of urea groups is 2. The summed E-state index contributed by atoms with van der Waals surface area (Å²) in [6.45, 7) is 1.91. The van der Waals surface area contributed by atoms with Crippen molar-refractivity contribution in [2.75, 3.05) is 11.9 Å². The number of hydrogen-bond acceptors (Lipinski definition) is 3. The van der Waals surface area contributed by atoms with E-state index in [0.29, 0.717) is 5.69 Å². The number of nitrogens with zero attached hydrogens (tertiary/aromatic N) is 1. The molecular weight excluding hydrogens is 260 g/mol. The predicted molar refractivity (Wildman–Crippen MR) is 73.8 cm³/mol. The highest BCUT2D eigenvalue weighted by Crippen LogP contribution is 2.15. The molecule has 0 unspecified atom stereocenters. The summed E-state index contributed by atoms with van der Waals surface area (Å²) in [6.07, 6.45) is 0.767. The SMILES string of the molecule is CCc1ccccc1NC(=O)N=C1CNC(=O)NC1=O. The van der Waals surface area contributed by atoms with Gasteiger partial charge < -0.3 is 10.6 Å². The summed E-state index contributed by atoms with van der Waals surface area (Å²) in [7, 11) is 0. The second kappa shape index (κ2) is 5.96. The summed E-state index contributed by atoms with van der Waals surface area (Å²) < 4.78 is 0. The minimum atomic E-state index is -0.660. The molecule has 3 N–H and O–H groups in total. The zero-order chi connectivity index (χ0) is 14.5. The molecule has 1 aliphatic heterocycles. The Labute approximate surface area is 115 Å². The maximum absolute atomic E-state index is 11.8. The van der Waals surface area contributed by atoms with Gasteiger partial charge in [-0.1, -0.05) is 25.1 Å². The highest BCUT2D eigenvalue weighted by Gasteiger charge is 2.22. The molecule has 0 saturated carbocycles. The van der Waals surface area contributed by atoms with Gasteiger partial charge in [0.05, 0.1) is 6.54 Å². The second-order valence-corrected chi connectivity index (χ2v) is 4.14. The summed E-state index contributed by atoms with van der Waals surface area (Å²) in [5.74, 6) is -0.660. The Balaban J connectivity index is 2.09. The number of carbonyl (C=O) groups is 3. The highest BCUT2D eigenvalue weighted by atomic mass is 16.2. The van der Waals surface area contributed by atoms with Gasteiger partial charge in [0.2, 0.25) is 0 Å². The van der Waals surface area contributed by atoms with Crippen molar-refractivity contribution in [1.29, 1.82) is 0 Å². The van der Waals surface area contributed by atoms with Crippen LogP contribution in [0, 0.1) is 0 Å². The van der Waals surface area contributed by atoms with Crippen LogP contribution in [0.2, 0.25) is 0 Å². The van der Waals surface area contributed by atoms with Crippen LogP contribution in [0.5, 0.6) is 0 Å². The number of aryl methyl sites for hydroxylation is 1. The van der Waals surface area contributed by atoms with Gasteiger partial charge in [0.1, 0.15) is 5.71 Å². The van der Waals surface area contributed by atoms with Gasteiger partial charge in [0.25, 0.3) is 5.91 Å². The average Bonchev–Trinajstić information content (AvgIpc) is 2.42. The fourth-order valence-corrected chi connectivity index (χ4v) is 1.77. The Morgan fingerprint density at radius 2 is 2.10 bits per heavy atom. The van der Waals surface area contributed by atoms with E-state index in [1.807, 2.05) is 24.4 Å². The van der Waals surface area contributed by atoms with E-state index in [4.69, 9.17) is 0 Å². The van der Waals surface area contributed by atoms with E-state index < -0.39 is 18.0 Å². The second-order valence-electron chi connectivity index (χ2n) is 4.14. The maximum Gasteiger partial charge on any atom is 0.345 e. The van der Waals surface area contributed by atoms with Crippen LogP contribution in [0.4, 0.5) is 15.3 Å². The molecule has 1 saturated heterocycles. The normalized spacial score (nSPS) is 16.6. The Morgan fingerprint density at radius 3 is 2.80 bits per heavy atom. The smallest absolute Gasteiger partial charge is 0.332 e. The van der Waals surface area contributed by atoms with Gasteiger partial charge in [-0.15, -0.1) is 0 Å². The third-order valence-corrected chi connectivity index (χ3v) is 2.78. The van der Waals surface area contributed by atoms with Gasteiger partial charge in [-0.3, -0.25) is 10.1 Å². The lowest BCUT2D eigenvalue weighted by Gasteiger charge is -2.14. The lowest BCUT2D eigenvalue weighted by atomic mass is 10.1. The van der Waals surface area contributed by atoms with Crippen LogP contribution in [-0.2, 0) is 11.2 Å². The number of hydrogen-bond donors (Lipinski definition) is 3. The maximum atomic E-state index is 11.8. The first-order valence-electron chi connectivity index (χ1n) is 6.15. The number of imide groups is 1. The van der Waals surface area contributed by atoms with Crippen molar-refractivity contribution in [3.05, 3.63) is 29.8 Å². The molecule has 2 rings (SSSR count). The molecule has 1 aromatic carbocycles. The van der Waals surface area contributed by atoms with Crippen molar-refractivity contribution in [2.45, 2.75) is 13.3 Å². The average molecular weight is 274 g/mol. The first-order chi connectivity index (χ1) is 9.60. The van der Waals surface area contributed by atoms with Crippen LogP contribution in [-0.4, -0.2) is 30.2 Å². The van der Waals surface area contributed by atoms with Crippen LogP contribution in [0.1, 0.15) is 12.5 Å². The molecule has 5 amide bonds. The van der Waals surface area contributed by atoms with E-state index in [2.05, 4.69) is 15.6 Å². The molecule has 0 spiro atoms. The van der Waals surface area contributed by atoms with E-state index in [9.17, 15) is 14.4 Å². The third kappa shape index (κ3) is 3.19. The highest BCUT2D eigenvalue weighted by molar-refractivity contribution is 6.45. The number of nitrogens with one attached hydrogen (secondary N) is 3. The molecule has 7 nitrogen and oxygen atoms in total. The molecule has 7 heteroatoms. The van der Waals surface area contributed by atoms with E-state index in [0.717, 1.165) is 12.0 Å². The van der Waals surface area contributed by atoms with Crippen molar-refractivity contribution in [3.8, 4) is 0 Å². The molecule has 1 heterocycles. The van der Waals surface area contributed by atoms with Gasteiger partial charge in [-0.25, -0.2) is 9.59 Å². The number of amides is 5. The number of carbonyl (C=O) groups excluding carboxylic acids is 3. The number of rotatable bonds is 2. The molecule has 0 aromatic heterocycles. The fraction of sp³-hybridized carbons (Fsp3) is 0.231. The lowest BCUT2D eigenvalue weighted by Crippen LogP contribution is -2.53. The Hall–Kier alpha value is -2.70. The molecular formula is C13H14N4O3. The quantitative estimate of drug-likeness (QED) is 0.751. The zero-order valence-corrected chi connectivity index (χ0v) is 10.9. The molecule has 104 valence electrons. The monoisotopic (exact) mass is 274 g/mol. The first-order valence-corrected chi connectivity index (χ1v) is 6.15. The molecule has 1 aliphatic rings. The van der Waals surface area contributed by atoms with Crippen molar-refractivity contribution in [3.63, 3.8) is 0 Å². The van der Waals surface area contributed by atoms with E-state index in [1.165, 1.54) is 0 Å². The predicted octanol–water partition coefficient (Wildman–Crippen LogP) is 1.06. The van der Waals surface area contributed by atoms with Gasteiger partial charge in [-0.05, 0) is 18.1 Å². The minimum Gasteiger partial charge on any atom is -0.332 e. The van der Waals surface area contributed by atoms with Crippen molar-refractivity contribution in [1.82, 2.24) is 10.6 Å². The summed E-state index contributed by atoms with van der Waals surface area (Å²) in [6, 6.07) is 6.11. The van der Waals surface area contributed by atoms with Gasteiger partial charge in [0, 0.05) is 5.69 Å². The molecule has 0 radical (unpaired) electrons. The van der Waals surface area contributed by atoms with Crippen LogP contribution in [0.25, 0.3) is 0 Å². The largest absolute Gasteiger partial charge is 0.345 e. The van der Waals surface area contributed by atoms with Crippen LogP contribution < -0.4 is 16.0 Å². The third-order valence-electron chi connectivity index (χ3n) is 2.78. The summed E-state index contributed by atoms with van der Waals surface area (Å²) in [4.78, 5) is 37.8. The van der Waals surface area contributed by atoms with E-state index >= 15 is 0 Å². The Morgan fingerprint density at radius 1 is 1.35 bits per heavy atom. The lowest BCUT2D eigenvalue weighted by molar-refractivity contribution is -0.114.